The highest BCUT2D eigenvalue weighted by atomic mass is 35.5. The van der Waals surface area contributed by atoms with E-state index in [4.69, 9.17) is 26.2 Å². The number of fused-ring (bicyclic) bond motifs is 1. The first kappa shape index (κ1) is 22.8. The van der Waals surface area contributed by atoms with E-state index in [1.807, 2.05) is 49.0 Å². The summed E-state index contributed by atoms with van der Waals surface area (Å²) in [5, 5.41) is 12.2. The maximum Gasteiger partial charge on any atom is 0.264 e. The third-order valence-corrected chi connectivity index (χ3v) is 6.15. The van der Waals surface area contributed by atoms with Crippen molar-refractivity contribution < 1.29 is 14.4 Å². The van der Waals surface area contributed by atoms with Gasteiger partial charge in [-0.15, -0.1) is 0 Å². The Hall–Kier alpha value is -3.98. The zero-order valence-corrected chi connectivity index (χ0v) is 20.0. The van der Waals surface area contributed by atoms with Gasteiger partial charge in [-0.05, 0) is 30.7 Å². The molecule has 1 aliphatic rings. The minimum atomic E-state index is -0.611. The van der Waals surface area contributed by atoms with Gasteiger partial charge in [-0.1, -0.05) is 28.9 Å². The molecule has 0 spiro atoms. The van der Waals surface area contributed by atoms with E-state index in [-0.39, 0.29) is 19.1 Å². The molecule has 1 atom stereocenters. The molecule has 0 saturated heterocycles. The fourth-order valence-electron chi connectivity index (χ4n) is 4.03. The van der Waals surface area contributed by atoms with E-state index in [2.05, 4.69) is 20.6 Å². The van der Waals surface area contributed by atoms with Gasteiger partial charge in [0, 0.05) is 67.0 Å². The number of carbonyl (C=O) groups is 1. The number of hydrogen-bond donors (Lipinski definition) is 1. The van der Waals surface area contributed by atoms with Gasteiger partial charge in [-0.25, -0.2) is 4.98 Å². The van der Waals surface area contributed by atoms with Crippen LogP contribution in [0.4, 0.5) is 0 Å². The molecule has 178 valence electrons. The summed E-state index contributed by atoms with van der Waals surface area (Å²) in [6.45, 7) is 2.38. The number of pyridine rings is 2. The largest absolute Gasteiger partial charge is 0.487 e. The monoisotopic (exact) mass is 490 g/mol. The lowest BCUT2D eigenvalue weighted by molar-refractivity contribution is -0.131. The Labute approximate surface area is 206 Å². The molecule has 3 aromatic heterocycles. The highest BCUT2D eigenvalue weighted by Crippen LogP contribution is 2.33. The minimum Gasteiger partial charge on any atom is -0.487 e. The Kier molecular flexibility index (Phi) is 6.33. The second-order valence-corrected chi connectivity index (χ2v) is 8.59. The number of aromatic nitrogens is 4. The second-order valence-electron chi connectivity index (χ2n) is 8.19. The van der Waals surface area contributed by atoms with Gasteiger partial charge in [-0.2, -0.15) is 5.10 Å². The van der Waals surface area contributed by atoms with Gasteiger partial charge in [0.05, 0.1) is 10.7 Å². The van der Waals surface area contributed by atoms with Crippen LogP contribution in [0.1, 0.15) is 23.2 Å². The molecule has 0 bridgehead atoms. The van der Waals surface area contributed by atoms with Crippen LogP contribution in [-0.4, -0.2) is 38.0 Å². The molecule has 5 rings (SSSR count). The number of oxime groups is 1. The maximum atomic E-state index is 12.3. The number of benzene rings is 1. The second kappa shape index (κ2) is 9.71. The number of nitrogens with one attached hydrogen (secondary N) is 1. The van der Waals surface area contributed by atoms with Crippen molar-refractivity contribution in [2.75, 3.05) is 0 Å². The quantitative estimate of drug-likeness (QED) is 0.420. The first-order valence-corrected chi connectivity index (χ1v) is 11.5. The van der Waals surface area contributed by atoms with Gasteiger partial charge < -0.3 is 14.9 Å². The van der Waals surface area contributed by atoms with E-state index in [9.17, 15) is 4.79 Å². The Balaban J connectivity index is 1.40. The SMILES string of the molecule is Cc1cc(-c2ccnn2C)c2cccc(OCc3c(Cl)cncc3CNC(=O)C3CC=NO3)c2n1. The van der Waals surface area contributed by atoms with E-state index < -0.39 is 6.10 Å². The fourth-order valence-corrected chi connectivity index (χ4v) is 4.26. The number of rotatable bonds is 7. The van der Waals surface area contributed by atoms with Crippen molar-refractivity contribution in [3.05, 3.63) is 70.8 Å². The average molecular weight is 491 g/mol. The number of amides is 1. The Morgan fingerprint density at radius 1 is 1.31 bits per heavy atom. The highest BCUT2D eigenvalue weighted by molar-refractivity contribution is 6.31. The van der Waals surface area contributed by atoms with E-state index in [1.54, 1.807) is 24.8 Å². The average Bonchev–Trinajstić information content (AvgIpc) is 3.54. The molecule has 4 aromatic rings. The lowest BCUT2D eigenvalue weighted by Gasteiger charge is -2.16. The highest BCUT2D eigenvalue weighted by Gasteiger charge is 2.23. The lowest BCUT2D eigenvalue weighted by Crippen LogP contribution is -2.34. The Bertz CT molecular complexity index is 1430. The van der Waals surface area contributed by atoms with Gasteiger partial charge in [0.25, 0.3) is 5.91 Å². The van der Waals surface area contributed by atoms with E-state index in [0.717, 1.165) is 39.0 Å². The molecule has 9 nitrogen and oxygen atoms in total. The molecular formula is C25H23ClN6O3. The van der Waals surface area contributed by atoms with Crippen molar-refractivity contribution >= 4 is 34.6 Å². The van der Waals surface area contributed by atoms with Crippen molar-refractivity contribution in [3.8, 4) is 17.0 Å². The number of nitrogens with zero attached hydrogens (tertiary/aromatic N) is 5. The molecule has 0 fully saturated rings. The van der Waals surface area contributed by atoms with Crippen LogP contribution in [0.5, 0.6) is 5.75 Å². The van der Waals surface area contributed by atoms with Crippen LogP contribution in [0, 0.1) is 6.92 Å². The normalized spacial score (nSPS) is 14.8. The molecule has 0 aliphatic carbocycles. The summed E-state index contributed by atoms with van der Waals surface area (Å²) in [6, 6.07) is 9.86. The lowest BCUT2D eigenvalue weighted by atomic mass is 10.0. The molecular weight excluding hydrogens is 468 g/mol. The third-order valence-electron chi connectivity index (χ3n) is 5.82. The molecule has 1 amide bonds. The Morgan fingerprint density at radius 2 is 2.20 bits per heavy atom. The number of halogens is 1. The molecule has 0 saturated carbocycles. The van der Waals surface area contributed by atoms with Crippen LogP contribution in [0.15, 0.2) is 54.1 Å². The number of aryl methyl sites for hydroxylation is 2. The zero-order valence-electron chi connectivity index (χ0n) is 19.2. The topological polar surface area (TPSA) is 104 Å². The van der Waals surface area contributed by atoms with Crippen molar-refractivity contribution in [2.24, 2.45) is 12.2 Å². The van der Waals surface area contributed by atoms with Gasteiger partial charge in [-0.3, -0.25) is 14.5 Å². The summed E-state index contributed by atoms with van der Waals surface area (Å²) < 4.78 is 8.07. The molecule has 1 aromatic carbocycles. The van der Waals surface area contributed by atoms with Crippen molar-refractivity contribution in [1.29, 1.82) is 0 Å². The van der Waals surface area contributed by atoms with Gasteiger partial charge in [0.1, 0.15) is 17.9 Å². The first-order valence-electron chi connectivity index (χ1n) is 11.1. The number of carbonyl (C=O) groups excluding carboxylic acids is 1. The molecule has 4 heterocycles. The van der Waals surface area contributed by atoms with Gasteiger partial charge in [0.2, 0.25) is 6.10 Å². The first-order chi connectivity index (χ1) is 17.0. The van der Waals surface area contributed by atoms with Crippen LogP contribution < -0.4 is 10.1 Å². The maximum absolute atomic E-state index is 12.3. The molecule has 0 radical (unpaired) electrons. The van der Waals surface area contributed by atoms with E-state index in [0.29, 0.717) is 17.2 Å². The van der Waals surface area contributed by atoms with Crippen molar-refractivity contribution in [3.63, 3.8) is 0 Å². The van der Waals surface area contributed by atoms with Crippen LogP contribution in [0.3, 0.4) is 0 Å². The van der Waals surface area contributed by atoms with Crippen molar-refractivity contribution in [1.82, 2.24) is 25.1 Å². The molecule has 1 aliphatic heterocycles. The van der Waals surface area contributed by atoms with Crippen molar-refractivity contribution in [2.45, 2.75) is 32.6 Å². The van der Waals surface area contributed by atoms with E-state index in [1.165, 1.54) is 0 Å². The summed E-state index contributed by atoms with van der Waals surface area (Å²) in [5.41, 5.74) is 5.13. The zero-order chi connectivity index (χ0) is 24.4. The molecule has 35 heavy (non-hydrogen) atoms. The smallest absolute Gasteiger partial charge is 0.264 e. The summed E-state index contributed by atoms with van der Waals surface area (Å²) >= 11 is 6.47. The van der Waals surface area contributed by atoms with E-state index >= 15 is 0 Å². The number of hydrogen-bond acceptors (Lipinski definition) is 7. The summed E-state index contributed by atoms with van der Waals surface area (Å²) in [4.78, 5) is 26.3. The summed E-state index contributed by atoms with van der Waals surface area (Å²) in [5.74, 6) is 0.389. The van der Waals surface area contributed by atoms with Crippen LogP contribution in [-0.2, 0) is 29.8 Å². The fraction of sp³-hybridized carbons (Fsp3) is 0.240. The van der Waals surface area contributed by atoms with Crippen LogP contribution >= 0.6 is 11.6 Å². The van der Waals surface area contributed by atoms with Crippen LogP contribution in [0.2, 0.25) is 5.02 Å². The Morgan fingerprint density at radius 3 is 2.97 bits per heavy atom. The number of ether oxygens (including phenoxy) is 1. The molecule has 1 unspecified atom stereocenters. The summed E-state index contributed by atoms with van der Waals surface area (Å²) in [7, 11) is 1.91. The molecule has 10 heteroatoms. The minimum absolute atomic E-state index is 0.186. The summed E-state index contributed by atoms with van der Waals surface area (Å²) in [6.07, 6.45) is 6.41. The predicted molar refractivity (Wildman–Crippen MR) is 132 cm³/mol. The predicted octanol–water partition coefficient (Wildman–Crippen LogP) is 3.96. The standard InChI is InChI=1S/C25H23ClN6O3/c1-15-10-18(21-6-8-29-32(21)2)17-4-3-5-22(24(17)31-15)34-14-19-16(11-27-13-20(19)26)12-28-25(33)23-7-9-30-35-23/h3-6,8-11,13,23H,7,12,14H2,1-2H3,(H,28,33). The third kappa shape index (κ3) is 4.67. The molecule has 1 N–H and O–H groups in total. The van der Waals surface area contributed by atoms with Gasteiger partial charge >= 0.3 is 0 Å². The van der Waals surface area contributed by atoms with Crippen LogP contribution in [0.25, 0.3) is 22.2 Å². The van der Waals surface area contributed by atoms with Gasteiger partial charge in [0.15, 0.2) is 0 Å². The number of para-hydroxylation sites is 1.